The van der Waals surface area contributed by atoms with Crippen molar-refractivity contribution in [2.45, 2.75) is 44.8 Å². The lowest BCUT2D eigenvalue weighted by Crippen LogP contribution is -2.58. The highest BCUT2D eigenvalue weighted by Gasteiger charge is 2.48. The fourth-order valence-electron chi connectivity index (χ4n) is 4.35. The molecule has 1 fully saturated rings. The molecule has 2 aromatic rings. The SMILES string of the molecule is CCC(=O)N1CCc2[nH]cnc2C12CCN(C(=O)c1ccc(CO)o1)CC2. The van der Waals surface area contributed by atoms with Gasteiger partial charge in [-0.2, -0.15) is 0 Å². The van der Waals surface area contributed by atoms with Crippen LogP contribution in [0.2, 0.25) is 0 Å². The van der Waals surface area contributed by atoms with Crippen LogP contribution in [0.15, 0.2) is 22.9 Å². The molecular formula is C19H24N4O4. The van der Waals surface area contributed by atoms with Gasteiger partial charge in [-0.1, -0.05) is 6.92 Å². The smallest absolute Gasteiger partial charge is 0.289 e. The number of H-pyrrole nitrogens is 1. The molecular weight excluding hydrogens is 348 g/mol. The van der Waals surface area contributed by atoms with Gasteiger partial charge in [0.25, 0.3) is 5.91 Å². The highest BCUT2D eigenvalue weighted by Crippen LogP contribution is 2.42. The molecule has 0 atom stereocenters. The Balaban J connectivity index is 1.57. The van der Waals surface area contributed by atoms with Gasteiger partial charge in [0.05, 0.1) is 17.6 Å². The Kier molecular flexibility index (Phi) is 4.51. The fraction of sp³-hybridized carbons (Fsp3) is 0.526. The van der Waals surface area contributed by atoms with Gasteiger partial charge in [-0.15, -0.1) is 0 Å². The molecule has 27 heavy (non-hydrogen) atoms. The van der Waals surface area contributed by atoms with Crippen LogP contribution >= 0.6 is 0 Å². The topological polar surface area (TPSA) is 103 Å². The average Bonchev–Trinajstić information content (AvgIpc) is 3.37. The van der Waals surface area contributed by atoms with Crippen molar-refractivity contribution >= 4 is 11.8 Å². The number of hydrogen-bond acceptors (Lipinski definition) is 5. The second-order valence-electron chi connectivity index (χ2n) is 7.13. The first kappa shape index (κ1) is 17.8. The van der Waals surface area contributed by atoms with Gasteiger partial charge in [-0.25, -0.2) is 4.98 Å². The second kappa shape index (κ2) is 6.84. The van der Waals surface area contributed by atoms with Gasteiger partial charge in [0.2, 0.25) is 5.91 Å². The van der Waals surface area contributed by atoms with Crippen LogP contribution < -0.4 is 0 Å². The van der Waals surface area contributed by atoms with E-state index in [4.69, 9.17) is 9.52 Å². The Morgan fingerprint density at radius 3 is 2.74 bits per heavy atom. The number of furan rings is 1. The number of imidazole rings is 1. The maximum atomic E-state index is 12.7. The number of aliphatic hydroxyl groups excluding tert-OH is 1. The van der Waals surface area contributed by atoms with E-state index in [0.717, 1.165) is 17.8 Å². The van der Waals surface area contributed by atoms with E-state index >= 15 is 0 Å². The molecule has 2 N–H and O–H groups in total. The molecule has 8 heteroatoms. The number of piperidine rings is 1. The van der Waals surface area contributed by atoms with Crippen molar-refractivity contribution in [2.75, 3.05) is 19.6 Å². The third-order valence-electron chi connectivity index (χ3n) is 5.77. The van der Waals surface area contributed by atoms with Crippen molar-refractivity contribution in [1.82, 2.24) is 19.8 Å². The molecule has 0 bridgehead atoms. The first-order valence-corrected chi connectivity index (χ1v) is 9.41. The van der Waals surface area contributed by atoms with Gasteiger partial charge in [0.15, 0.2) is 5.76 Å². The lowest BCUT2D eigenvalue weighted by atomic mass is 9.78. The summed E-state index contributed by atoms with van der Waals surface area (Å²) < 4.78 is 5.38. The van der Waals surface area contributed by atoms with Crippen LogP contribution in [-0.2, 0) is 23.4 Å². The largest absolute Gasteiger partial charge is 0.453 e. The van der Waals surface area contributed by atoms with E-state index < -0.39 is 5.54 Å². The second-order valence-corrected chi connectivity index (χ2v) is 7.13. The molecule has 2 aliphatic rings. The number of carbonyl (C=O) groups excluding carboxylic acids is 2. The highest BCUT2D eigenvalue weighted by molar-refractivity contribution is 5.91. The number of hydrogen-bond donors (Lipinski definition) is 2. The maximum absolute atomic E-state index is 12.7. The van der Waals surface area contributed by atoms with Crippen LogP contribution in [0.4, 0.5) is 0 Å². The summed E-state index contributed by atoms with van der Waals surface area (Å²) >= 11 is 0. The summed E-state index contributed by atoms with van der Waals surface area (Å²) in [5, 5.41) is 9.12. The standard InChI is InChI=1S/C19H24N4O4/c1-2-16(25)23-8-5-14-17(21-12-20-14)19(23)6-9-22(10-7-19)18(26)15-4-3-13(11-24)27-15/h3-4,12,24H,2,5-11H2,1H3,(H,20,21). The van der Waals surface area contributed by atoms with Crippen molar-refractivity contribution in [3.05, 3.63) is 41.4 Å². The van der Waals surface area contributed by atoms with E-state index in [1.54, 1.807) is 23.4 Å². The normalized spacial score (nSPS) is 18.6. The Morgan fingerprint density at radius 1 is 1.30 bits per heavy atom. The van der Waals surface area contributed by atoms with Gasteiger partial charge in [0.1, 0.15) is 12.4 Å². The van der Waals surface area contributed by atoms with E-state index in [1.165, 1.54) is 0 Å². The summed E-state index contributed by atoms with van der Waals surface area (Å²) in [7, 11) is 0. The van der Waals surface area contributed by atoms with Crippen molar-refractivity contribution < 1.29 is 19.1 Å². The molecule has 0 saturated carbocycles. The number of nitrogens with zero attached hydrogens (tertiary/aromatic N) is 3. The third kappa shape index (κ3) is 2.84. The molecule has 4 heterocycles. The molecule has 0 radical (unpaired) electrons. The zero-order chi connectivity index (χ0) is 19.0. The molecule has 8 nitrogen and oxygen atoms in total. The molecule has 2 amide bonds. The molecule has 4 rings (SSSR count). The molecule has 2 aliphatic heterocycles. The summed E-state index contributed by atoms with van der Waals surface area (Å²) in [5.74, 6) is 0.554. The summed E-state index contributed by atoms with van der Waals surface area (Å²) in [4.78, 5) is 36.8. The maximum Gasteiger partial charge on any atom is 0.289 e. The summed E-state index contributed by atoms with van der Waals surface area (Å²) in [6.45, 7) is 3.37. The molecule has 144 valence electrons. The fourth-order valence-corrected chi connectivity index (χ4v) is 4.35. The van der Waals surface area contributed by atoms with Crippen LogP contribution in [0.25, 0.3) is 0 Å². The third-order valence-corrected chi connectivity index (χ3v) is 5.77. The van der Waals surface area contributed by atoms with Gasteiger partial charge in [-0.3, -0.25) is 9.59 Å². The number of aromatic amines is 1. The quantitative estimate of drug-likeness (QED) is 0.848. The minimum atomic E-state index is -0.448. The molecule has 1 spiro atoms. The van der Waals surface area contributed by atoms with Gasteiger partial charge in [0, 0.05) is 38.2 Å². The minimum Gasteiger partial charge on any atom is -0.453 e. The van der Waals surface area contributed by atoms with Crippen LogP contribution in [-0.4, -0.2) is 56.3 Å². The van der Waals surface area contributed by atoms with Gasteiger partial charge >= 0.3 is 0 Å². The van der Waals surface area contributed by atoms with Crippen LogP contribution in [0, 0.1) is 0 Å². The number of carbonyl (C=O) groups is 2. The van der Waals surface area contributed by atoms with Crippen LogP contribution in [0.5, 0.6) is 0 Å². The molecule has 0 aliphatic carbocycles. The zero-order valence-corrected chi connectivity index (χ0v) is 15.4. The Bertz CT molecular complexity index is 848. The first-order valence-electron chi connectivity index (χ1n) is 9.41. The number of likely N-dealkylation sites (tertiary alicyclic amines) is 1. The first-order chi connectivity index (χ1) is 13.1. The van der Waals surface area contributed by atoms with Crippen LogP contribution in [0.1, 0.15) is 53.9 Å². The van der Waals surface area contributed by atoms with E-state index in [2.05, 4.69) is 9.97 Å². The molecule has 2 aromatic heterocycles. The number of aromatic nitrogens is 2. The lowest BCUT2D eigenvalue weighted by Gasteiger charge is -2.50. The predicted molar refractivity (Wildman–Crippen MR) is 95.7 cm³/mol. The summed E-state index contributed by atoms with van der Waals surface area (Å²) in [6.07, 6.45) is 4.23. The molecule has 0 aromatic carbocycles. The number of rotatable bonds is 3. The van der Waals surface area contributed by atoms with E-state index in [-0.39, 0.29) is 24.2 Å². The van der Waals surface area contributed by atoms with Crippen molar-refractivity contribution in [2.24, 2.45) is 0 Å². The lowest BCUT2D eigenvalue weighted by molar-refractivity contribution is -0.141. The number of fused-ring (bicyclic) bond motifs is 2. The Hall–Kier alpha value is -2.61. The number of aliphatic hydroxyl groups is 1. The van der Waals surface area contributed by atoms with Crippen molar-refractivity contribution in [3.8, 4) is 0 Å². The van der Waals surface area contributed by atoms with E-state index in [9.17, 15) is 9.59 Å². The number of nitrogens with one attached hydrogen (secondary N) is 1. The number of amides is 2. The summed E-state index contributed by atoms with van der Waals surface area (Å²) in [5.41, 5.74) is 1.59. The molecule has 1 saturated heterocycles. The zero-order valence-electron chi connectivity index (χ0n) is 15.4. The highest BCUT2D eigenvalue weighted by atomic mass is 16.4. The monoisotopic (exact) mass is 372 g/mol. The van der Waals surface area contributed by atoms with E-state index in [1.807, 2.05) is 11.8 Å². The van der Waals surface area contributed by atoms with Crippen LogP contribution in [0.3, 0.4) is 0 Å². The van der Waals surface area contributed by atoms with Gasteiger partial charge in [-0.05, 0) is 25.0 Å². The van der Waals surface area contributed by atoms with E-state index in [0.29, 0.717) is 44.7 Å². The summed E-state index contributed by atoms with van der Waals surface area (Å²) in [6, 6.07) is 3.20. The minimum absolute atomic E-state index is 0.127. The average molecular weight is 372 g/mol. The Morgan fingerprint density at radius 2 is 2.07 bits per heavy atom. The molecule has 0 unspecified atom stereocenters. The Labute approximate surface area is 157 Å². The van der Waals surface area contributed by atoms with Crippen molar-refractivity contribution in [1.29, 1.82) is 0 Å². The van der Waals surface area contributed by atoms with Gasteiger partial charge < -0.3 is 24.3 Å². The van der Waals surface area contributed by atoms with Crippen molar-refractivity contribution in [3.63, 3.8) is 0 Å². The predicted octanol–water partition coefficient (Wildman–Crippen LogP) is 1.42.